The number of nitrogens with zero attached hydrogens (tertiary/aromatic N) is 4. The standard InChI is InChI=1S/C22H35N7O/c1-4-13-28(3)14-5-6-15-29-16-10-21(27-22(29)30)26-20-9-8-19(17-25-20)18(2)24-12-7-11-23/h8-10,16-17,24H,2,4-7,11-15,23H2,1,3H3,(H,25,26,27,30). The fraction of sp³-hybridized carbons (Fsp3) is 0.500. The molecule has 0 aliphatic rings. The zero-order chi connectivity index (χ0) is 21.8. The maximum absolute atomic E-state index is 12.3. The Balaban J connectivity index is 1.85. The van der Waals surface area contributed by atoms with Crippen molar-refractivity contribution in [2.75, 3.05) is 38.5 Å². The van der Waals surface area contributed by atoms with Gasteiger partial charge in [-0.15, -0.1) is 0 Å². The maximum atomic E-state index is 12.3. The van der Waals surface area contributed by atoms with Crippen LogP contribution in [0.25, 0.3) is 5.70 Å². The molecule has 0 fully saturated rings. The molecular weight excluding hydrogens is 378 g/mol. The van der Waals surface area contributed by atoms with E-state index in [-0.39, 0.29) is 5.69 Å². The smallest absolute Gasteiger partial charge is 0.349 e. The van der Waals surface area contributed by atoms with Crippen molar-refractivity contribution in [1.82, 2.24) is 24.8 Å². The molecular formula is C22H35N7O. The average Bonchev–Trinajstić information content (AvgIpc) is 2.73. The molecule has 8 nitrogen and oxygen atoms in total. The van der Waals surface area contributed by atoms with E-state index in [0.717, 1.165) is 56.6 Å². The van der Waals surface area contributed by atoms with Crippen molar-refractivity contribution in [3.05, 3.63) is 53.2 Å². The van der Waals surface area contributed by atoms with Crippen LogP contribution >= 0.6 is 0 Å². The van der Waals surface area contributed by atoms with Crippen molar-refractivity contribution < 1.29 is 0 Å². The van der Waals surface area contributed by atoms with Crippen molar-refractivity contribution in [2.45, 2.75) is 39.2 Å². The van der Waals surface area contributed by atoms with Crippen LogP contribution in [0.5, 0.6) is 0 Å². The lowest BCUT2D eigenvalue weighted by molar-refractivity contribution is 0.322. The van der Waals surface area contributed by atoms with Crippen molar-refractivity contribution >= 4 is 17.3 Å². The minimum Gasteiger partial charge on any atom is -0.385 e. The average molecular weight is 414 g/mol. The zero-order valence-electron chi connectivity index (χ0n) is 18.2. The quantitative estimate of drug-likeness (QED) is 0.409. The van der Waals surface area contributed by atoms with E-state index in [4.69, 9.17) is 5.73 Å². The van der Waals surface area contributed by atoms with Gasteiger partial charge in [-0.1, -0.05) is 13.5 Å². The van der Waals surface area contributed by atoms with Gasteiger partial charge in [0, 0.05) is 36.7 Å². The van der Waals surface area contributed by atoms with Gasteiger partial charge in [-0.2, -0.15) is 4.98 Å². The van der Waals surface area contributed by atoms with Gasteiger partial charge in [-0.3, -0.25) is 4.57 Å². The monoisotopic (exact) mass is 413 g/mol. The predicted molar refractivity (Wildman–Crippen MR) is 124 cm³/mol. The second kappa shape index (κ2) is 12.8. The first kappa shape index (κ1) is 23.6. The van der Waals surface area contributed by atoms with Crippen LogP contribution in [0.4, 0.5) is 11.6 Å². The van der Waals surface area contributed by atoms with E-state index in [0.29, 0.717) is 24.7 Å². The normalized spacial score (nSPS) is 10.9. The van der Waals surface area contributed by atoms with Gasteiger partial charge in [-0.25, -0.2) is 9.78 Å². The molecule has 8 heteroatoms. The van der Waals surface area contributed by atoms with Gasteiger partial charge in [0.25, 0.3) is 0 Å². The highest BCUT2D eigenvalue weighted by molar-refractivity contribution is 5.62. The Morgan fingerprint density at radius 3 is 2.70 bits per heavy atom. The molecule has 0 aliphatic heterocycles. The SMILES string of the molecule is C=C(NCCCN)c1ccc(Nc2ccn(CCCCN(C)CCC)c(=O)n2)nc1. The lowest BCUT2D eigenvalue weighted by Crippen LogP contribution is -2.24. The van der Waals surface area contributed by atoms with Crippen LogP contribution in [0.2, 0.25) is 0 Å². The first-order chi connectivity index (χ1) is 14.5. The lowest BCUT2D eigenvalue weighted by Gasteiger charge is -2.15. The summed E-state index contributed by atoms with van der Waals surface area (Å²) < 4.78 is 1.65. The summed E-state index contributed by atoms with van der Waals surface area (Å²) in [4.78, 5) is 23.1. The van der Waals surface area contributed by atoms with Gasteiger partial charge in [0.2, 0.25) is 0 Å². The predicted octanol–water partition coefficient (Wildman–Crippen LogP) is 2.41. The first-order valence-corrected chi connectivity index (χ1v) is 10.7. The highest BCUT2D eigenvalue weighted by Crippen LogP contribution is 2.14. The van der Waals surface area contributed by atoms with Crippen LogP contribution in [0.1, 0.15) is 38.2 Å². The first-order valence-electron chi connectivity index (χ1n) is 10.7. The van der Waals surface area contributed by atoms with Crippen LogP contribution in [-0.4, -0.2) is 52.7 Å². The number of rotatable bonds is 14. The van der Waals surface area contributed by atoms with Crippen LogP contribution in [0, 0.1) is 0 Å². The summed E-state index contributed by atoms with van der Waals surface area (Å²) >= 11 is 0. The Morgan fingerprint density at radius 1 is 1.20 bits per heavy atom. The van der Waals surface area contributed by atoms with Gasteiger partial charge < -0.3 is 21.3 Å². The molecule has 0 aromatic carbocycles. The van der Waals surface area contributed by atoms with Gasteiger partial charge in [-0.05, 0) is 70.6 Å². The number of hydrogen-bond acceptors (Lipinski definition) is 7. The Kier molecular flexibility index (Phi) is 10.0. The molecule has 2 aromatic heterocycles. The highest BCUT2D eigenvalue weighted by atomic mass is 16.1. The molecule has 2 aromatic rings. The minimum atomic E-state index is -0.254. The van der Waals surface area contributed by atoms with E-state index in [1.807, 2.05) is 12.1 Å². The van der Waals surface area contributed by atoms with E-state index in [2.05, 4.69) is 46.1 Å². The number of anilines is 2. The van der Waals surface area contributed by atoms with E-state index >= 15 is 0 Å². The lowest BCUT2D eigenvalue weighted by atomic mass is 10.2. The van der Waals surface area contributed by atoms with Crippen LogP contribution in [0.3, 0.4) is 0 Å². The molecule has 0 aliphatic carbocycles. The van der Waals surface area contributed by atoms with E-state index in [1.54, 1.807) is 23.0 Å². The van der Waals surface area contributed by atoms with Crippen LogP contribution < -0.4 is 22.1 Å². The molecule has 4 N–H and O–H groups in total. The Morgan fingerprint density at radius 2 is 2.03 bits per heavy atom. The number of hydrogen-bond donors (Lipinski definition) is 3. The second-order valence-electron chi connectivity index (χ2n) is 7.40. The largest absolute Gasteiger partial charge is 0.385 e. The van der Waals surface area contributed by atoms with Crippen LogP contribution in [-0.2, 0) is 6.54 Å². The molecule has 0 radical (unpaired) electrons. The summed E-state index contributed by atoms with van der Waals surface area (Å²) in [6.07, 6.45) is 7.58. The maximum Gasteiger partial charge on any atom is 0.349 e. The zero-order valence-corrected chi connectivity index (χ0v) is 18.2. The fourth-order valence-corrected chi connectivity index (χ4v) is 3.05. The molecule has 0 bridgehead atoms. The molecule has 0 atom stereocenters. The van der Waals surface area contributed by atoms with Gasteiger partial charge >= 0.3 is 5.69 Å². The summed E-state index contributed by atoms with van der Waals surface area (Å²) in [7, 11) is 2.13. The minimum absolute atomic E-state index is 0.254. The molecule has 0 amide bonds. The molecule has 0 saturated heterocycles. The Bertz CT molecular complexity index is 832. The summed E-state index contributed by atoms with van der Waals surface area (Å²) in [6, 6.07) is 5.56. The Labute approximate surface area is 179 Å². The Hall–Kier alpha value is -2.71. The second-order valence-corrected chi connectivity index (χ2v) is 7.40. The van der Waals surface area contributed by atoms with E-state index in [1.165, 1.54) is 0 Å². The topological polar surface area (TPSA) is 101 Å². The molecule has 0 saturated carbocycles. The number of nitrogens with two attached hydrogens (primary N) is 1. The summed E-state index contributed by atoms with van der Waals surface area (Å²) in [5, 5.41) is 6.30. The molecule has 0 spiro atoms. The molecule has 30 heavy (non-hydrogen) atoms. The van der Waals surface area contributed by atoms with Crippen LogP contribution in [0.15, 0.2) is 42.0 Å². The van der Waals surface area contributed by atoms with Crippen molar-refractivity contribution in [2.24, 2.45) is 5.73 Å². The van der Waals surface area contributed by atoms with Gasteiger partial charge in [0.05, 0.1) is 0 Å². The van der Waals surface area contributed by atoms with Gasteiger partial charge in [0.1, 0.15) is 11.6 Å². The molecule has 164 valence electrons. The molecule has 2 heterocycles. The van der Waals surface area contributed by atoms with Crippen molar-refractivity contribution in [3.8, 4) is 0 Å². The molecule has 2 rings (SSSR count). The highest BCUT2D eigenvalue weighted by Gasteiger charge is 2.04. The third-order valence-corrected chi connectivity index (χ3v) is 4.76. The number of pyridine rings is 1. The number of aryl methyl sites for hydroxylation is 1. The number of aromatic nitrogens is 3. The van der Waals surface area contributed by atoms with Crippen molar-refractivity contribution in [1.29, 1.82) is 0 Å². The van der Waals surface area contributed by atoms with Crippen molar-refractivity contribution in [3.63, 3.8) is 0 Å². The molecule has 0 unspecified atom stereocenters. The van der Waals surface area contributed by atoms with E-state index in [9.17, 15) is 4.79 Å². The summed E-state index contributed by atoms with van der Waals surface area (Å²) in [6.45, 7) is 10.4. The summed E-state index contributed by atoms with van der Waals surface area (Å²) in [5.41, 5.74) is 6.96. The van der Waals surface area contributed by atoms with Gasteiger partial charge in [0.15, 0.2) is 0 Å². The third-order valence-electron chi connectivity index (χ3n) is 4.76. The van der Waals surface area contributed by atoms with E-state index < -0.39 is 0 Å². The fourth-order valence-electron chi connectivity index (χ4n) is 3.05. The summed E-state index contributed by atoms with van der Waals surface area (Å²) in [5.74, 6) is 1.11. The third kappa shape index (κ3) is 7.96. The number of unbranched alkanes of at least 4 members (excludes halogenated alkanes) is 1. The number of nitrogens with one attached hydrogen (secondary N) is 2.